The van der Waals surface area contributed by atoms with Gasteiger partial charge >= 0.3 is 0 Å². The molecule has 1 saturated heterocycles. The first-order chi connectivity index (χ1) is 7.56. The highest BCUT2D eigenvalue weighted by atomic mass is 79.9. The van der Waals surface area contributed by atoms with Crippen molar-refractivity contribution in [2.24, 2.45) is 0 Å². The van der Waals surface area contributed by atoms with Crippen molar-refractivity contribution in [3.05, 3.63) is 32.8 Å². The van der Waals surface area contributed by atoms with Gasteiger partial charge in [0, 0.05) is 23.6 Å². The van der Waals surface area contributed by atoms with Gasteiger partial charge < -0.3 is 10.2 Å². The van der Waals surface area contributed by atoms with E-state index in [0.717, 1.165) is 17.6 Å². The quantitative estimate of drug-likeness (QED) is 0.682. The minimum atomic E-state index is -0.366. The second-order valence-electron chi connectivity index (χ2n) is 3.98. The van der Waals surface area contributed by atoms with Crippen LogP contribution in [0.3, 0.4) is 0 Å². The maximum Gasteiger partial charge on any atom is 0.293 e. The average Bonchev–Trinajstić information content (AvgIpc) is 2.17. The zero-order valence-electron chi connectivity index (χ0n) is 8.81. The molecule has 0 aliphatic carbocycles. The summed E-state index contributed by atoms with van der Waals surface area (Å²) < 4.78 is 0.718. The molecule has 1 aromatic carbocycles. The second-order valence-corrected chi connectivity index (χ2v) is 4.90. The molecular formula is C10H12BrN3O2. The number of hydrogen-bond acceptors (Lipinski definition) is 4. The SMILES string of the molecule is CN1CC(Nc2ccc(Br)cc2[N+](=O)[O-])C1. The average molecular weight is 286 g/mol. The molecule has 0 atom stereocenters. The summed E-state index contributed by atoms with van der Waals surface area (Å²) in [6.07, 6.45) is 0. The Morgan fingerprint density at radius 1 is 1.56 bits per heavy atom. The van der Waals surface area contributed by atoms with Crippen LogP contribution in [-0.2, 0) is 0 Å². The number of hydrogen-bond donors (Lipinski definition) is 1. The van der Waals surface area contributed by atoms with E-state index < -0.39 is 0 Å². The van der Waals surface area contributed by atoms with Crippen LogP contribution in [0.5, 0.6) is 0 Å². The Morgan fingerprint density at radius 3 is 2.81 bits per heavy atom. The Labute approximate surface area is 102 Å². The van der Waals surface area contributed by atoms with E-state index in [1.807, 2.05) is 7.05 Å². The van der Waals surface area contributed by atoms with Crippen LogP contribution >= 0.6 is 15.9 Å². The van der Waals surface area contributed by atoms with Crippen molar-refractivity contribution in [1.29, 1.82) is 0 Å². The van der Waals surface area contributed by atoms with Gasteiger partial charge in [0.05, 0.1) is 11.0 Å². The van der Waals surface area contributed by atoms with Crippen LogP contribution in [0.2, 0.25) is 0 Å². The van der Waals surface area contributed by atoms with Gasteiger partial charge in [-0.3, -0.25) is 10.1 Å². The number of nitrogens with zero attached hydrogens (tertiary/aromatic N) is 2. The van der Waals surface area contributed by atoms with Gasteiger partial charge in [-0.1, -0.05) is 15.9 Å². The fourth-order valence-electron chi connectivity index (χ4n) is 1.79. The van der Waals surface area contributed by atoms with Crippen molar-refractivity contribution in [3.63, 3.8) is 0 Å². The summed E-state index contributed by atoms with van der Waals surface area (Å²) in [7, 11) is 2.02. The molecule has 1 fully saturated rings. The summed E-state index contributed by atoms with van der Waals surface area (Å²) in [5.74, 6) is 0. The molecule has 0 amide bonds. The lowest BCUT2D eigenvalue weighted by molar-refractivity contribution is -0.384. The minimum Gasteiger partial charge on any atom is -0.374 e. The molecule has 1 aliphatic rings. The van der Waals surface area contributed by atoms with E-state index in [4.69, 9.17) is 0 Å². The van der Waals surface area contributed by atoms with Gasteiger partial charge in [-0.2, -0.15) is 0 Å². The van der Waals surface area contributed by atoms with Crippen molar-refractivity contribution in [2.45, 2.75) is 6.04 Å². The Balaban J connectivity index is 2.16. The maximum atomic E-state index is 10.9. The van der Waals surface area contributed by atoms with Gasteiger partial charge in [-0.25, -0.2) is 0 Å². The highest BCUT2D eigenvalue weighted by molar-refractivity contribution is 9.10. The molecular weight excluding hydrogens is 274 g/mol. The van der Waals surface area contributed by atoms with Gasteiger partial charge in [0.2, 0.25) is 0 Å². The van der Waals surface area contributed by atoms with E-state index >= 15 is 0 Å². The number of nitro groups is 1. The Hall–Kier alpha value is -1.14. The molecule has 0 saturated carbocycles. The molecule has 0 aromatic heterocycles. The van der Waals surface area contributed by atoms with Crippen molar-refractivity contribution < 1.29 is 4.92 Å². The summed E-state index contributed by atoms with van der Waals surface area (Å²) in [5, 5.41) is 14.0. The summed E-state index contributed by atoms with van der Waals surface area (Å²) in [5.41, 5.74) is 0.704. The van der Waals surface area contributed by atoms with Crippen molar-refractivity contribution in [1.82, 2.24) is 4.90 Å². The predicted molar refractivity (Wildman–Crippen MR) is 65.7 cm³/mol. The highest BCUT2D eigenvalue weighted by Crippen LogP contribution is 2.29. The summed E-state index contributed by atoms with van der Waals surface area (Å²) >= 11 is 3.23. The molecule has 16 heavy (non-hydrogen) atoms. The zero-order valence-corrected chi connectivity index (χ0v) is 10.4. The number of likely N-dealkylation sites (tertiary alicyclic amines) is 1. The van der Waals surface area contributed by atoms with Gasteiger partial charge in [-0.05, 0) is 19.2 Å². The third kappa shape index (κ3) is 2.33. The van der Waals surface area contributed by atoms with E-state index in [1.54, 1.807) is 12.1 Å². The Bertz CT molecular complexity index is 419. The molecule has 0 unspecified atom stereocenters. The van der Waals surface area contributed by atoms with E-state index in [2.05, 4.69) is 26.1 Å². The van der Waals surface area contributed by atoms with Crippen molar-refractivity contribution in [2.75, 3.05) is 25.5 Å². The van der Waals surface area contributed by atoms with Gasteiger partial charge in [0.15, 0.2) is 0 Å². The van der Waals surface area contributed by atoms with E-state index in [-0.39, 0.29) is 10.6 Å². The number of likely N-dealkylation sites (N-methyl/N-ethyl adjacent to an activating group) is 1. The smallest absolute Gasteiger partial charge is 0.293 e. The van der Waals surface area contributed by atoms with Gasteiger partial charge in [0.25, 0.3) is 5.69 Å². The standard InChI is InChI=1S/C10H12BrN3O2/c1-13-5-8(6-13)12-9-3-2-7(11)4-10(9)14(15)16/h2-4,8,12H,5-6H2,1H3. The van der Waals surface area contributed by atoms with Crippen molar-refractivity contribution >= 4 is 27.3 Å². The summed E-state index contributed by atoms with van der Waals surface area (Å²) in [6.45, 7) is 1.85. The van der Waals surface area contributed by atoms with Crippen LogP contribution in [0.25, 0.3) is 0 Å². The summed E-state index contributed by atoms with van der Waals surface area (Å²) in [4.78, 5) is 12.6. The molecule has 0 bridgehead atoms. The largest absolute Gasteiger partial charge is 0.374 e. The van der Waals surface area contributed by atoms with Crippen LogP contribution in [0.1, 0.15) is 0 Å². The number of nitro benzene ring substituents is 1. The molecule has 2 rings (SSSR count). The third-order valence-electron chi connectivity index (χ3n) is 2.58. The van der Waals surface area contributed by atoms with Crippen LogP contribution in [-0.4, -0.2) is 36.0 Å². The number of halogens is 1. The molecule has 0 radical (unpaired) electrons. The van der Waals surface area contributed by atoms with Crippen LogP contribution in [0.4, 0.5) is 11.4 Å². The molecule has 1 aliphatic heterocycles. The predicted octanol–water partition coefficient (Wildman–Crippen LogP) is 2.08. The number of benzene rings is 1. The first-order valence-corrected chi connectivity index (χ1v) is 5.74. The first kappa shape index (κ1) is 11.3. The lowest BCUT2D eigenvalue weighted by Gasteiger charge is -2.37. The molecule has 1 heterocycles. The molecule has 86 valence electrons. The van der Waals surface area contributed by atoms with E-state index in [9.17, 15) is 10.1 Å². The summed E-state index contributed by atoms with van der Waals surface area (Å²) in [6, 6.07) is 5.37. The normalized spacial score (nSPS) is 16.9. The minimum absolute atomic E-state index is 0.115. The third-order valence-corrected chi connectivity index (χ3v) is 3.07. The zero-order chi connectivity index (χ0) is 11.7. The lowest BCUT2D eigenvalue weighted by Crippen LogP contribution is -2.52. The highest BCUT2D eigenvalue weighted by Gasteiger charge is 2.25. The monoisotopic (exact) mass is 285 g/mol. The Kier molecular flexibility index (Phi) is 3.11. The van der Waals surface area contributed by atoms with Gasteiger partial charge in [-0.15, -0.1) is 0 Å². The fraction of sp³-hybridized carbons (Fsp3) is 0.400. The first-order valence-electron chi connectivity index (χ1n) is 4.95. The maximum absolute atomic E-state index is 10.9. The van der Waals surface area contributed by atoms with E-state index in [0.29, 0.717) is 11.7 Å². The van der Waals surface area contributed by atoms with Crippen LogP contribution < -0.4 is 5.32 Å². The second kappa shape index (κ2) is 4.39. The van der Waals surface area contributed by atoms with Gasteiger partial charge in [0.1, 0.15) is 5.69 Å². The van der Waals surface area contributed by atoms with Crippen LogP contribution in [0.15, 0.2) is 22.7 Å². The number of anilines is 1. The fourth-order valence-corrected chi connectivity index (χ4v) is 2.14. The molecule has 0 spiro atoms. The lowest BCUT2D eigenvalue weighted by atomic mass is 10.1. The van der Waals surface area contributed by atoms with Crippen LogP contribution in [0, 0.1) is 10.1 Å². The number of rotatable bonds is 3. The number of nitrogens with one attached hydrogen (secondary N) is 1. The molecule has 1 aromatic rings. The van der Waals surface area contributed by atoms with Crippen molar-refractivity contribution in [3.8, 4) is 0 Å². The Morgan fingerprint density at radius 2 is 2.25 bits per heavy atom. The molecule has 6 heteroatoms. The van der Waals surface area contributed by atoms with E-state index in [1.165, 1.54) is 6.07 Å². The molecule has 5 nitrogen and oxygen atoms in total. The topological polar surface area (TPSA) is 58.4 Å². The molecule has 1 N–H and O–H groups in total.